The molecule has 0 atom stereocenters. The SMILES string of the molecule is Cc1ccc(C(=O)O)c(Nc2c(C)cc(Br)cc2C)c1. The molecule has 0 bridgehead atoms. The van der Waals surface area contributed by atoms with Crippen molar-refractivity contribution in [3.63, 3.8) is 0 Å². The van der Waals surface area contributed by atoms with Crippen molar-refractivity contribution in [1.82, 2.24) is 0 Å². The van der Waals surface area contributed by atoms with Gasteiger partial charge in [0.05, 0.1) is 11.3 Å². The van der Waals surface area contributed by atoms with Gasteiger partial charge in [0.25, 0.3) is 0 Å². The van der Waals surface area contributed by atoms with Gasteiger partial charge in [0, 0.05) is 10.2 Å². The Hall–Kier alpha value is -1.81. The van der Waals surface area contributed by atoms with E-state index in [-0.39, 0.29) is 5.56 Å². The van der Waals surface area contributed by atoms with Gasteiger partial charge in [0.2, 0.25) is 0 Å². The van der Waals surface area contributed by atoms with Crippen LogP contribution in [-0.2, 0) is 0 Å². The van der Waals surface area contributed by atoms with E-state index in [1.807, 2.05) is 39.0 Å². The Bertz CT molecular complexity index is 657. The van der Waals surface area contributed by atoms with Crippen molar-refractivity contribution in [1.29, 1.82) is 0 Å². The first-order valence-corrected chi connectivity index (χ1v) is 7.05. The lowest BCUT2D eigenvalue weighted by molar-refractivity contribution is 0.0698. The molecule has 20 heavy (non-hydrogen) atoms. The summed E-state index contributed by atoms with van der Waals surface area (Å²) in [5.41, 5.74) is 4.99. The van der Waals surface area contributed by atoms with Crippen LogP contribution in [-0.4, -0.2) is 11.1 Å². The minimum Gasteiger partial charge on any atom is -0.478 e. The van der Waals surface area contributed by atoms with Gasteiger partial charge in [-0.1, -0.05) is 22.0 Å². The number of hydrogen-bond donors (Lipinski definition) is 2. The number of aryl methyl sites for hydroxylation is 3. The summed E-state index contributed by atoms with van der Waals surface area (Å²) in [6.45, 7) is 5.94. The fraction of sp³-hybridized carbons (Fsp3) is 0.188. The summed E-state index contributed by atoms with van der Waals surface area (Å²) in [5, 5.41) is 12.5. The molecular formula is C16H16BrNO2. The maximum atomic E-state index is 11.3. The third kappa shape index (κ3) is 3.02. The van der Waals surface area contributed by atoms with Crippen LogP contribution in [0.2, 0.25) is 0 Å². The molecular weight excluding hydrogens is 318 g/mol. The van der Waals surface area contributed by atoms with Crippen LogP contribution in [0.15, 0.2) is 34.8 Å². The lowest BCUT2D eigenvalue weighted by Gasteiger charge is -2.15. The highest BCUT2D eigenvalue weighted by Gasteiger charge is 2.12. The second-order valence-corrected chi connectivity index (χ2v) is 5.81. The van der Waals surface area contributed by atoms with Crippen LogP contribution in [0.1, 0.15) is 27.0 Å². The molecule has 0 aliphatic rings. The molecule has 0 saturated heterocycles. The molecule has 2 aromatic rings. The summed E-state index contributed by atoms with van der Waals surface area (Å²) >= 11 is 3.46. The summed E-state index contributed by atoms with van der Waals surface area (Å²) in [6.07, 6.45) is 0. The number of halogens is 1. The van der Waals surface area contributed by atoms with Crippen LogP contribution in [0.4, 0.5) is 11.4 Å². The number of rotatable bonds is 3. The van der Waals surface area contributed by atoms with Gasteiger partial charge in [-0.15, -0.1) is 0 Å². The van der Waals surface area contributed by atoms with E-state index >= 15 is 0 Å². The molecule has 0 heterocycles. The third-order valence-electron chi connectivity index (χ3n) is 3.16. The first-order chi connectivity index (χ1) is 9.38. The monoisotopic (exact) mass is 333 g/mol. The van der Waals surface area contributed by atoms with Gasteiger partial charge in [0.1, 0.15) is 0 Å². The number of benzene rings is 2. The minimum atomic E-state index is -0.931. The number of aromatic carboxylic acids is 1. The van der Waals surface area contributed by atoms with E-state index in [0.717, 1.165) is 26.9 Å². The molecule has 0 aliphatic heterocycles. The van der Waals surface area contributed by atoms with Crippen molar-refractivity contribution < 1.29 is 9.90 Å². The molecule has 3 nitrogen and oxygen atoms in total. The highest BCUT2D eigenvalue weighted by atomic mass is 79.9. The molecule has 104 valence electrons. The van der Waals surface area contributed by atoms with Gasteiger partial charge in [-0.05, 0) is 61.7 Å². The summed E-state index contributed by atoms with van der Waals surface area (Å²) in [4.78, 5) is 11.3. The molecule has 0 saturated carbocycles. The summed E-state index contributed by atoms with van der Waals surface area (Å²) < 4.78 is 1.01. The van der Waals surface area contributed by atoms with E-state index < -0.39 is 5.97 Å². The normalized spacial score (nSPS) is 10.4. The molecule has 0 aromatic heterocycles. The van der Waals surface area contributed by atoms with Crippen molar-refractivity contribution in [2.45, 2.75) is 20.8 Å². The van der Waals surface area contributed by atoms with E-state index in [2.05, 4.69) is 21.2 Å². The van der Waals surface area contributed by atoms with Gasteiger partial charge in [-0.3, -0.25) is 0 Å². The van der Waals surface area contributed by atoms with Gasteiger partial charge < -0.3 is 10.4 Å². The predicted octanol–water partition coefficient (Wildman–Crippen LogP) is 4.82. The molecule has 0 unspecified atom stereocenters. The molecule has 0 spiro atoms. The summed E-state index contributed by atoms with van der Waals surface area (Å²) in [7, 11) is 0. The van der Waals surface area contributed by atoms with Crippen molar-refractivity contribution in [2.75, 3.05) is 5.32 Å². The van der Waals surface area contributed by atoms with Crippen LogP contribution in [0, 0.1) is 20.8 Å². The maximum absolute atomic E-state index is 11.3. The fourth-order valence-electron chi connectivity index (χ4n) is 2.19. The number of hydrogen-bond acceptors (Lipinski definition) is 2. The number of carbonyl (C=O) groups is 1. The lowest BCUT2D eigenvalue weighted by Crippen LogP contribution is -2.05. The molecule has 2 aromatic carbocycles. The van der Waals surface area contributed by atoms with Crippen molar-refractivity contribution in [3.05, 3.63) is 57.1 Å². The lowest BCUT2D eigenvalue weighted by atomic mass is 10.1. The zero-order valence-electron chi connectivity index (χ0n) is 11.6. The number of carboxylic acids is 1. The average molecular weight is 334 g/mol. The molecule has 0 aliphatic carbocycles. The first kappa shape index (κ1) is 14.6. The predicted molar refractivity (Wildman–Crippen MR) is 85.0 cm³/mol. The second kappa shape index (κ2) is 5.67. The Balaban J connectivity index is 2.50. The number of carboxylic acid groups (broad SMARTS) is 1. The van der Waals surface area contributed by atoms with Gasteiger partial charge in [-0.2, -0.15) is 0 Å². The Morgan fingerprint density at radius 3 is 2.25 bits per heavy atom. The smallest absolute Gasteiger partial charge is 0.337 e. The van der Waals surface area contributed by atoms with Crippen molar-refractivity contribution in [3.8, 4) is 0 Å². The first-order valence-electron chi connectivity index (χ1n) is 6.26. The van der Waals surface area contributed by atoms with E-state index in [9.17, 15) is 9.90 Å². The quantitative estimate of drug-likeness (QED) is 0.846. The fourth-order valence-corrected chi connectivity index (χ4v) is 2.88. The Morgan fingerprint density at radius 2 is 1.70 bits per heavy atom. The van der Waals surface area contributed by atoms with E-state index in [1.54, 1.807) is 12.1 Å². The zero-order chi connectivity index (χ0) is 14.9. The zero-order valence-corrected chi connectivity index (χ0v) is 13.2. The van der Waals surface area contributed by atoms with Crippen molar-refractivity contribution in [2.24, 2.45) is 0 Å². The highest BCUT2D eigenvalue weighted by Crippen LogP contribution is 2.30. The van der Waals surface area contributed by atoms with Gasteiger partial charge in [0.15, 0.2) is 0 Å². The Kier molecular flexibility index (Phi) is 4.14. The number of nitrogens with one attached hydrogen (secondary N) is 1. The maximum Gasteiger partial charge on any atom is 0.337 e. The second-order valence-electron chi connectivity index (χ2n) is 4.89. The topological polar surface area (TPSA) is 49.3 Å². The molecule has 0 radical (unpaired) electrons. The van der Waals surface area contributed by atoms with Crippen LogP contribution in [0.25, 0.3) is 0 Å². The minimum absolute atomic E-state index is 0.275. The van der Waals surface area contributed by atoms with Gasteiger partial charge in [-0.25, -0.2) is 4.79 Å². The summed E-state index contributed by atoms with van der Waals surface area (Å²) in [5.74, 6) is -0.931. The van der Waals surface area contributed by atoms with E-state index in [4.69, 9.17) is 0 Å². The molecule has 0 fully saturated rings. The Morgan fingerprint density at radius 1 is 1.10 bits per heavy atom. The largest absolute Gasteiger partial charge is 0.478 e. The van der Waals surface area contributed by atoms with E-state index in [0.29, 0.717) is 5.69 Å². The number of anilines is 2. The highest BCUT2D eigenvalue weighted by molar-refractivity contribution is 9.10. The van der Waals surface area contributed by atoms with Crippen LogP contribution in [0.3, 0.4) is 0 Å². The average Bonchev–Trinajstić information content (AvgIpc) is 2.33. The molecule has 2 rings (SSSR count). The van der Waals surface area contributed by atoms with Crippen LogP contribution in [0.5, 0.6) is 0 Å². The van der Waals surface area contributed by atoms with Crippen LogP contribution < -0.4 is 5.32 Å². The Labute approximate surface area is 126 Å². The third-order valence-corrected chi connectivity index (χ3v) is 3.62. The van der Waals surface area contributed by atoms with Gasteiger partial charge >= 0.3 is 5.97 Å². The molecule has 4 heteroatoms. The molecule has 2 N–H and O–H groups in total. The molecule has 0 amide bonds. The standard InChI is InChI=1S/C16H16BrNO2/c1-9-4-5-13(16(19)20)14(6-9)18-15-10(2)7-12(17)8-11(15)3/h4-8,18H,1-3H3,(H,19,20). The van der Waals surface area contributed by atoms with E-state index in [1.165, 1.54) is 0 Å². The van der Waals surface area contributed by atoms with Crippen molar-refractivity contribution >= 4 is 33.3 Å². The van der Waals surface area contributed by atoms with Crippen LogP contribution >= 0.6 is 15.9 Å². The summed E-state index contributed by atoms with van der Waals surface area (Å²) in [6, 6.07) is 9.29.